The van der Waals surface area contributed by atoms with Crippen LogP contribution in [0.15, 0.2) is 24.3 Å². The molecule has 2 rings (SSSR count). The molecule has 1 fully saturated rings. The lowest BCUT2D eigenvalue weighted by Crippen LogP contribution is -2.54. The van der Waals surface area contributed by atoms with E-state index in [1.807, 2.05) is 13.8 Å². The minimum atomic E-state index is -0.996. The number of phenols is 1. The summed E-state index contributed by atoms with van der Waals surface area (Å²) < 4.78 is 5.14. The van der Waals surface area contributed by atoms with Gasteiger partial charge in [0.15, 0.2) is 12.2 Å². The maximum Gasteiger partial charge on any atom is 0.253 e. The van der Waals surface area contributed by atoms with Crippen molar-refractivity contribution in [1.29, 1.82) is 0 Å². The Morgan fingerprint density at radius 1 is 1.03 bits per heavy atom. The minimum absolute atomic E-state index is 0.0690. The molecular weight excluding hydrogens is 404 g/mol. The van der Waals surface area contributed by atoms with Crippen LogP contribution < -0.4 is 21.7 Å². The molecule has 1 aliphatic heterocycles. The van der Waals surface area contributed by atoms with Crippen molar-refractivity contribution in [2.45, 2.75) is 57.9 Å². The van der Waals surface area contributed by atoms with Gasteiger partial charge in [-0.25, -0.2) is 0 Å². The average Bonchev–Trinajstić information content (AvgIpc) is 3.49. The van der Waals surface area contributed by atoms with E-state index in [9.17, 15) is 24.3 Å². The predicted octanol–water partition coefficient (Wildman–Crippen LogP) is -0.661. The normalized spacial score (nSPS) is 19.2. The molecule has 1 heterocycles. The molecule has 31 heavy (non-hydrogen) atoms. The lowest BCUT2D eigenvalue weighted by atomic mass is 10.0. The fraction of sp³-hybridized carbons (Fsp3) is 0.524. The molecule has 170 valence electrons. The number of likely N-dealkylation sites (N-methyl/N-ethyl adjacent to an activating group) is 1. The number of amides is 4. The molecule has 0 aliphatic carbocycles. The number of rotatable bonds is 11. The number of carbonyl (C=O) groups excluding carboxylic acids is 4. The Balaban J connectivity index is 2.02. The summed E-state index contributed by atoms with van der Waals surface area (Å²) in [5.41, 5.74) is 6.15. The molecule has 10 nitrogen and oxygen atoms in total. The van der Waals surface area contributed by atoms with Crippen molar-refractivity contribution in [3.8, 4) is 5.75 Å². The molecule has 0 aromatic heterocycles. The topological polar surface area (TPSA) is 163 Å². The summed E-state index contributed by atoms with van der Waals surface area (Å²) in [7, 11) is 0. The Labute approximate surface area is 180 Å². The van der Waals surface area contributed by atoms with Gasteiger partial charge in [0.05, 0.1) is 0 Å². The average molecular weight is 434 g/mol. The molecule has 10 heteroatoms. The van der Waals surface area contributed by atoms with E-state index in [1.54, 1.807) is 19.1 Å². The van der Waals surface area contributed by atoms with Crippen molar-refractivity contribution in [3.05, 3.63) is 29.8 Å². The highest BCUT2D eigenvalue weighted by Gasteiger charge is 2.50. The summed E-state index contributed by atoms with van der Waals surface area (Å²) in [6, 6.07) is 4.26. The third-order valence-corrected chi connectivity index (χ3v) is 4.74. The zero-order valence-electron chi connectivity index (χ0n) is 17.9. The largest absolute Gasteiger partial charge is 0.508 e. The van der Waals surface area contributed by atoms with Crippen LogP contribution >= 0.6 is 0 Å². The van der Waals surface area contributed by atoms with Crippen LogP contribution in [0, 0.1) is 5.92 Å². The first-order valence-electron chi connectivity index (χ1n) is 10.2. The second-order valence-electron chi connectivity index (χ2n) is 7.90. The second kappa shape index (κ2) is 10.8. The predicted molar refractivity (Wildman–Crippen MR) is 112 cm³/mol. The summed E-state index contributed by atoms with van der Waals surface area (Å²) in [5.74, 6) is -2.07. The van der Waals surface area contributed by atoms with E-state index >= 15 is 0 Å². The lowest BCUT2D eigenvalue weighted by Gasteiger charge is -2.23. The van der Waals surface area contributed by atoms with Crippen molar-refractivity contribution < 1.29 is 29.0 Å². The van der Waals surface area contributed by atoms with Gasteiger partial charge in [-0.2, -0.15) is 0 Å². The van der Waals surface area contributed by atoms with Crippen molar-refractivity contribution >= 4 is 23.6 Å². The quantitative estimate of drug-likeness (QED) is 0.290. The number of hydrogen-bond acceptors (Lipinski definition) is 6. The van der Waals surface area contributed by atoms with Crippen LogP contribution in [0.4, 0.5) is 0 Å². The number of nitrogens with two attached hydrogens (primary N) is 1. The fourth-order valence-electron chi connectivity index (χ4n) is 3.11. The van der Waals surface area contributed by atoms with Gasteiger partial charge < -0.3 is 31.5 Å². The summed E-state index contributed by atoms with van der Waals surface area (Å²) in [4.78, 5) is 48.9. The van der Waals surface area contributed by atoms with Gasteiger partial charge in [0.2, 0.25) is 11.8 Å². The Bertz CT molecular complexity index is 811. The van der Waals surface area contributed by atoms with E-state index in [0.29, 0.717) is 18.5 Å². The SMILES string of the molecule is CCNC(=O)[C@H]1O[C@@H]1C(=O)N[C@H](CC(C)C)C(=O)N[C@@H](Cc1ccc(O)cc1)C(N)=O. The van der Waals surface area contributed by atoms with Gasteiger partial charge in [-0.1, -0.05) is 26.0 Å². The number of ether oxygens (including phenoxy) is 1. The third-order valence-electron chi connectivity index (χ3n) is 4.74. The molecule has 1 aromatic rings. The zero-order chi connectivity index (χ0) is 23.1. The molecule has 4 atom stereocenters. The number of phenolic OH excluding ortho intramolecular Hbond substituents is 1. The number of epoxide rings is 1. The van der Waals surface area contributed by atoms with Crippen LogP contribution in [-0.2, 0) is 30.3 Å². The number of nitrogens with one attached hydrogen (secondary N) is 3. The molecule has 1 aliphatic rings. The Morgan fingerprint density at radius 3 is 2.19 bits per heavy atom. The molecule has 1 saturated heterocycles. The fourth-order valence-corrected chi connectivity index (χ4v) is 3.11. The summed E-state index contributed by atoms with van der Waals surface area (Å²) >= 11 is 0. The van der Waals surface area contributed by atoms with E-state index in [-0.39, 0.29) is 24.0 Å². The van der Waals surface area contributed by atoms with Gasteiger partial charge in [0, 0.05) is 13.0 Å². The number of aromatic hydroxyl groups is 1. The maximum absolute atomic E-state index is 12.8. The number of hydrogen-bond donors (Lipinski definition) is 5. The summed E-state index contributed by atoms with van der Waals surface area (Å²) in [6.07, 6.45) is -1.36. The molecule has 0 bridgehead atoms. The highest BCUT2D eigenvalue weighted by atomic mass is 16.6. The molecule has 0 unspecified atom stereocenters. The first-order valence-corrected chi connectivity index (χ1v) is 10.2. The van der Waals surface area contributed by atoms with Crippen LogP contribution in [-0.4, -0.2) is 59.6 Å². The molecule has 1 aromatic carbocycles. The maximum atomic E-state index is 12.8. The number of benzene rings is 1. The number of carbonyl (C=O) groups is 4. The molecule has 4 amide bonds. The van der Waals surface area contributed by atoms with E-state index in [0.717, 1.165) is 0 Å². The first-order chi connectivity index (χ1) is 14.6. The smallest absolute Gasteiger partial charge is 0.253 e. The van der Waals surface area contributed by atoms with Gasteiger partial charge in [-0.15, -0.1) is 0 Å². The Morgan fingerprint density at radius 2 is 1.65 bits per heavy atom. The van der Waals surface area contributed by atoms with Crippen LogP contribution in [0.2, 0.25) is 0 Å². The van der Waals surface area contributed by atoms with Gasteiger partial charge in [-0.3, -0.25) is 19.2 Å². The van der Waals surface area contributed by atoms with Crippen LogP contribution in [0.25, 0.3) is 0 Å². The monoisotopic (exact) mass is 434 g/mol. The van der Waals surface area contributed by atoms with Crippen LogP contribution in [0.3, 0.4) is 0 Å². The molecule has 0 spiro atoms. The van der Waals surface area contributed by atoms with E-state index in [1.165, 1.54) is 12.1 Å². The lowest BCUT2D eigenvalue weighted by molar-refractivity contribution is -0.132. The van der Waals surface area contributed by atoms with Crippen molar-refractivity contribution in [2.24, 2.45) is 11.7 Å². The second-order valence-corrected chi connectivity index (χ2v) is 7.90. The highest BCUT2D eigenvalue weighted by Crippen LogP contribution is 2.23. The van der Waals surface area contributed by atoms with E-state index in [2.05, 4.69) is 16.0 Å². The van der Waals surface area contributed by atoms with E-state index in [4.69, 9.17) is 10.5 Å². The number of primary amides is 1. The third kappa shape index (κ3) is 7.25. The van der Waals surface area contributed by atoms with Crippen molar-refractivity contribution in [1.82, 2.24) is 16.0 Å². The van der Waals surface area contributed by atoms with Crippen LogP contribution in [0.5, 0.6) is 5.75 Å². The highest BCUT2D eigenvalue weighted by molar-refractivity contribution is 5.97. The summed E-state index contributed by atoms with van der Waals surface area (Å²) in [6.45, 7) is 5.95. The Hall–Kier alpha value is -3.14. The molecule has 0 radical (unpaired) electrons. The Kier molecular flexibility index (Phi) is 8.38. The van der Waals surface area contributed by atoms with E-state index < -0.39 is 42.0 Å². The van der Waals surface area contributed by atoms with Gasteiger partial charge in [-0.05, 0) is 37.0 Å². The van der Waals surface area contributed by atoms with Crippen molar-refractivity contribution in [3.63, 3.8) is 0 Å². The minimum Gasteiger partial charge on any atom is -0.508 e. The standard InChI is InChI=1S/C21H30N4O6/c1-4-23-20(29)16-17(31-16)21(30)25-15(9-11(2)3)19(28)24-14(18(22)27)10-12-5-7-13(26)8-6-12/h5-8,11,14-17,26H,4,9-10H2,1-3H3,(H2,22,27)(H,23,29)(H,24,28)(H,25,30)/t14-,15+,16-,17-/m0/s1. The summed E-state index contributed by atoms with van der Waals surface area (Å²) in [5, 5.41) is 17.2. The van der Waals surface area contributed by atoms with Gasteiger partial charge in [0.25, 0.3) is 11.8 Å². The molecular formula is C21H30N4O6. The van der Waals surface area contributed by atoms with Crippen LogP contribution in [0.1, 0.15) is 32.8 Å². The molecule has 0 saturated carbocycles. The first kappa shape index (κ1) is 24.1. The van der Waals surface area contributed by atoms with Crippen molar-refractivity contribution in [2.75, 3.05) is 6.54 Å². The molecule has 6 N–H and O–H groups in total. The zero-order valence-corrected chi connectivity index (χ0v) is 17.9. The van der Waals surface area contributed by atoms with Gasteiger partial charge in [0.1, 0.15) is 17.8 Å². The van der Waals surface area contributed by atoms with Gasteiger partial charge >= 0.3 is 0 Å².